The van der Waals surface area contributed by atoms with Gasteiger partial charge in [0.25, 0.3) is 0 Å². The average molecular weight is 751 g/mol. The number of rotatable bonds is 31. The van der Waals surface area contributed by atoms with Crippen molar-refractivity contribution in [2.24, 2.45) is 17.8 Å². The topological polar surface area (TPSA) is 132 Å². The largest absolute Gasteiger partial charge is 0.396 e. The molecule has 0 radical (unpaired) electrons. The molecule has 3 unspecified atom stereocenters. The SMILES string of the molecule is CCCC(=O)C(CC)CO.CCCC(=O)C(CC)CO.CCCC(=O)C(CC)CO.CCCCCCCCCCCCCCCCCCO.[Ti]. The minimum absolute atomic E-state index is 0. The molecule has 3 atom stereocenters. The second-order valence-electron chi connectivity index (χ2n) is 13.5. The molecule has 0 fully saturated rings. The fourth-order valence-electron chi connectivity index (χ4n) is 5.39. The van der Waals surface area contributed by atoms with E-state index >= 15 is 0 Å². The standard InChI is InChI=1S/C18H38O.3C8H16O2.Ti/c1-2-3-4-5-6-7-8-9-10-11-12-13-14-15-16-17-18-19;3*1-3-5-8(10)7(4-2)6-9;/h19H,2-18H2,1H3;3*7,9H,3-6H2,1-2H3;. The fraction of sp³-hybridized carbons (Fsp3) is 0.929. The molecule has 300 valence electrons. The van der Waals surface area contributed by atoms with E-state index in [1.165, 1.54) is 96.3 Å². The predicted octanol–water partition coefficient (Wildman–Crippen LogP) is 10.4. The summed E-state index contributed by atoms with van der Waals surface area (Å²) in [5.41, 5.74) is 0. The first-order valence-corrected chi connectivity index (χ1v) is 20.7. The molecule has 8 heteroatoms. The van der Waals surface area contributed by atoms with Gasteiger partial charge in [-0.3, -0.25) is 14.4 Å². The average Bonchev–Trinajstić information content (AvgIpc) is 3.09. The molecular formula is C42H86O7Ti. The molecule has 0 aromatic heterocycles. The van der Waals surface area contributed by atoms with Gasteiger partial charge >= 0.3 is 0 Å². The zero-order valence-electron chi connectivity index (χ0n) is 34.3. The maximum Gasteiger partial charge on any atom is 0.138 e. The van der Waals surface area contributed by atoms with Gasteiger partial charge in [-0.05, 0) is 44.9 Å². The summed E-state index contributed by atoms with van der Waals surface area (Å²) in [7, 11) is 0. The second-order valence-corrected chi connectivity index (χ2v) is 13.5. The third kappa shape index (κ3) is 43.7. The van der Waals surface area contributed by atoms with Crippen LogP contribution in [0.1, 0.15) is 209 Å². The van der Waals surface area contributed by atoms with Crippen molar-refractivity contribution >= 4 is 17.3 Å². The van der Waals surface area contributed by atoms with E-state index in [0.29, 0.717) is 25.9 Å². The smallest absolute Gasteiger partial charge is 0.138 e. The van der Waals surface area contributed by atoms with Gasteiger partial charge in [0.05, 0.1) is 19.8 Å². The number of carbonyl (C=O) groups excluding carboxylic acids is 3. The molecule has 0 spiro atoms. The first-order chi connectivity index (χ1) is 23.7. The van der Waals surface area contributed by atoms with Crippen LogP contribution in [0.3, 0.4) is 0 Å². The first-order valence-electron chi connectivity index (χ1n) is 20.7. The van der Waals surface area contributed by atoms with E-state index in [4.69, 9.17) is 20.4 Å². The van der Waals surface area contributed by atoms with Crippen LogP contribution in [0.4, 0.5) is 0 Å². The first kappa shape index (κ1) is 58.9. The van der Waals surface area contributed by atoms with Crippen molar-refractivity contribution < 1.29 is 56.5 Å². The zero-order valence-corrected chi connectivity index (χ0v) is 35.8. The Balaban J connectivity index is -0.000000188. The molecule has 0 heterocycles. The van der Waals surface area contributed by atoms with Gasteiger partial charge in [-0.2, -0.15) is 0 Å². The van der Waals surface area contributed by atoms with Gasteiger partial charge < -0.3 is 20.4 Å². The third-order valence-electron chi connectivity index (χ3n) is 9.01. The van der Waals surface area contributed by atoms with E-state index in [1.54, 1.807) is 0 Å². The van der Waals surface area contributed by atoms with Crippen molar-refractivity contribution in [2.75, 3.05) is 26.4 Å². The molecule has 0 aliphatic carbocycles. The molecule has 0 aromatic rings. The van der Waals surface area contributed by atoms with Crippen molar-refractivity contribution in [1.82, 2.24) is 0 Å². The van der Waals surface area contributed by atoms with E-state index in [0.717, 1.165) is 44.9 Å². The molecule has 0 aliphatic heterocycles. The Kier molecular flexibility index (Phi) is 59.7. The van der Waals surface area contributed by atoms with Crippen LogP contribution in [0, 0.1) is 17.8 Å². The van der Waals surface area contributed by atoms with E-state index in [-0.39, 0.29) is 76.6 Å². The predicted molar refractivity (Wildman–Crippen MR) is 209 cm³/mol. The Bertz CT molecular complexity index is 585. The quantitative estimate of drug-likeness (QED) is 0.0410. The fourth-order valence-corrected chi connectivity index (χ4v) is 5.39. The van der Waals surface area contributed by atoms with Crippen molar-refractivity contribution in [3.8, 4) is 0 Å². The van der Waals surface area contributed by atoms with Gasteiger partial charge in [0.15, 0.2) is 0 Å². The van der Waals surface area contributed by atoms with Crippen LogP contribution in [0.2, 0.25) is 0 Å². The number of ketones is 3. The molecule has 4 N–H and O–H groups in total. The maximum atomic E-state index is 11.0. The van der Waals surface area contributed by atoms with Crippen LogP contribution >= 0.6 is 0 Å². The number of aliphatic hydroxyl groups excluding tert-OH is 4. The summed E-state index contributed by atoms with van der Waals surface area (Å²) in [4.78, 5) is 33.1. The molecule has 0 saturated heterocycles. The monoisotopic (exact) mass is 751 g/mol. The minimum atomic E-state index is -0.111. The molecule has 0 bridgehead atoms. The van der Waals surface area contributed by atoms with Gasteiger partial charge in [-0.25, -0.2) is 0 Å². The van der Waals surface area contributed by atoms with Crippen molar-refractivity contribution in [3.05, 3.63) is 0 Å². The van der Waals surface area contributed by atoms with Crippen LogP contribution in [-0.2, 0) is 36.1 Å². The van der Waals surface area contributed by atoms with Gasteiger partial charge in [0, 0.05) is 65.3 Å². The summed E-state index contributed by atoms with van der Waals surface area (Å²) >= 11 is 0. The van der Waals surface area contributed by atoms with E-state index < -0.39 is 0 Å². The Morgan fingerprint density at radius 1 is 0.360 bits per heavy atom. The number of Topliss-reactive ketones (excluding diaryl/α,β-unsaturated/α-hetero) is 3. The van der Waals surface area contributed by atoms with Crippen molar-refractivity contribution in [2.45, 2.75) is 209 Å². The summed E-state index contributed by atoms with van der Waals surface area (Å²) in [6.45, 7) is 14.4. The molecule has 0 rings (SSSR count). The number of unbranched alkanes of at least 4 members (excludes halogenated alkanes) is 15. The van der Waals surface area contributed by atoms with Gasteiger partial charge in [-0.1, -0.05) is 145 Å². The van der Waals surface area contributed by atoms with Crippen LogP contribution in [0.5, 0.6) is 0 Å². The van der Waals surface area contributed by atoms with Gasteiger partial charge in [-0.15, -0.1) is 0 Å². The molecule has 50 heavy (non-hydrogen) atoms. The Hall–Kier alpha value is -0.436. The van der Waals surface area contributed by atoms with E-state index in [2.05, 4.69) is 6.92 Å². The number of hydrogen-bond acceptors (Lipinski definition) is 7. The van der Waals surface area contributed by atoms with E-state index in [9.17, 15) is 14.4 Å². The van der Waals surface area contributed by atoms with Crippen LogP contribution < -0.4 is 0 Å². The summed E-state index contributed by atoms with van der Waals surface area (Å²) in [5.74, 6) is 0.271. The summed E-state index contributed by atoms with van der Waals surface area (Å²) in [6, 6.07) is 0. The van der Waals surface area contributed by atoms with Gasteiger partial charge in [0.1, 0.15) is 17.3 Å². The van der Waals surface area contributed by atoms with E-state index in [1.807, 2.05) is 41.5 Å². The Labute approximate surface area is 325 Å². The third-order valence-corrected chi connectivity index (χ3v) is 9.01. The van der Waals surface area contributed by atoms with Crippen molar-refractivity contribution in [3.63, 3.8) is 0 Å². The minimum Gasteiger partial charge on any atom is -0.396 e. The van der Waals surface area contributed by atoms with Crippen LogP contribution in [-0.4, -0.2) is 64.2 Å². The molecule has 0 aliphatic rings. The Morgan fingerprint density at radius 3 is 0.740 bits per heavy atom. The number of hydrogen-bond donors (Lipinski definition) is 4. The summed E-state index contributed by atoms with van der Waals surface area (Å²) < 4.78 is 0. The summed E-state index contributed by atoms with van der Waals surface area (Å²) in [6.07, 6.45) is 28.9. The van der Waals surface area contributed by atoms with Crippen molar-refractivity contribution in [1.29, 1.82) is 0 Å². The second kappa shape index (κ2) is 50.7. The summed E-state index contributed by atoms with van der Waals surface area (Å²) in [5, 5.41) is 34.8. The molecule has 0 saturated carbocycles. The zero-order chi connectivity index (χ0) is 38.0. The molecule has 0 amide bonds. The molecular weight excluding hydrogens is 664 g/mol. The Morgan fingerprint density at radius 2 is 0.580 bits per heavy atom. The molecule has 0 aromatic carbocycles. The van der Waals surface area contributed by atoms with Crippen LogP contribution in [0.15, 0.2) is 0 Å². The number of carbonyl (C=O) groups is 3. The van der Waals surface area contributed by atoms with Gasteiger partial charge in [0.2, 0.25) is 0 Å². The molecule has 7 nitrogen and oxygen atoms in total. The van der Waals surface area contributed by atoms with Crippen LogP contribution in [0.25, 0.3) is 0 Å². The number of aliphatic hydroxyl groups is 4. The maximum absolute atomic E-state index is 11.0. The normalized spacial score (nSPS) is 12.1.